The maximum Gasteiger partial charge on any atom is 0.416 e. The van der Waals surface area contributed by atoms with Crippen molar-refractivity contribution in [1.29, 1.82) is 0 Å². The van der Waals surface area contributed by atoms with E-state index in [1.54, 1.807) is 24.3 Å². The third kappa shape index (κ3) is 5.23. The van der Waals surface area contributed by atoms with Crippen molar-refractivity contribution in [2.24, 2.45) is 0 Å². The molecule has 2 atom stereocenters. The maximum absolute atomic E-state index is 13.6. The summed E-state index contributed by atoms with van der Waals surface area (Å²) >= 11 is 0. The molecule has 0 radical (unpaired) electrons. The van der Waals surface area contributed by atoms with E-state index in [0.29, 0.717) is 22.3 Å². The molecule has 2 saturated heterocycles. The zero-order chi connectivity index (χ0) is 26.9. The third-order valence-electron chi connectivity index (χ3n) is 6.49. The van der Waals surface area contributed by atoms with Crippen LogP contribution in [0.1, 0.15) is 30.4 Å². The number of benzene rings is 2. The number of aliphatic carboxylic acids is 1. The summed E-state index contributed by atoms with van der Waals surface area (Å²) in [6.07, 6.45) is -5.22. The van der Waals surface area contributed by atoms with Gasteiger partial charge in [-0.15, -0.1) is 0 Å². The fraction of sp³-hybridized carbons (Fsp3) is 0.360. The number of alkyl halides is 3. The van der Waals surface area contributed by atoms with Crippen LogP contribution in [0.3, 0.4) is 0 Å². The number of nitrogens with zero attached hydrogens (tertiary/aromatic N) is 3. The molecule has 37 heavy (non-hydrogen) atoms. The first-order valence-corrected chi connectivity index (χ1v) is 11.5. The lowest BCUT2D eigenvalue weighted by Gasteiger charge is -2.43. The molecule has 2 aromatic carbocycles. The molecule has 0 unspecified atom stereocenters. The summed E-state index contributed by atoms with van der Waals surface area (Å²) in [5.74, 6) is -2.00. The quantitative estimate of drug-likeness (QED) is 0.600. The van der Waals surface area contributed by atoms with E-state index in [0.717, 1.165) is 12.1 Å². The van der Waals surface area contributed by atoms with E-state index in [2.05, 4.69) is 0 Å². The average Bonchev–Trinajstić information content (AvgIpc) is 3.31. The zero-order valence-corrected chi connectivity index (χ0v) is 19.8. The predicted octanol–water partition coefficient (Wildman–Crippen LogP) is 3.52. The number of halogens is 3. The predicted molar refractivity (Wildman–Crippen MR) is 124 cm³/mol. The number of carbonyl (C=O) groups excluding carboxylic acids is 3. The summed E-state index contributed by atoms with van der Waals surface area (Å²) in [6.45, 7) is 0.131. The van der Waals surface area contributed by atoms with Crippen LogP contribution in [0.15, 0.2) is 48.5 Å². The molecule has 2 aliphatic rings. The number of hydrogen-bond donors (Lipinski definition) is 1. The van der Waals surface area contributed by atoms with Gasteiger partial charge < -0.3 is 19.6 Å². The molecule has 2 aliphatic heterocycles. The van der Waals surface area contributed by atoms with Crippen LogP contribution >= 0.6 is 0 Å². The van der Waals surface area contributed by atoms with Gasteiger partial charge in [0.25, 0.3) is 5.91 Å². The van der Waals surface area contributed by atoms with Crippen molar-refractivity contribution in [3.05, 3.63) is 59.7 Å². The van der Waals surface area contributed by atoms with Gasteiger partial charge in [0.1, 0.15) is 11.8 Å². The molecule has 1 N–H and O–H groups in total. The van der Waals surface area contributed by atoms with Crippen LogP contribution in [-0.4, -0.2) is 64.5 Å². The molecule has 0 aromatic heterocycles. The van der Waals surface area contributed by atoms with Gasteiger partial charge in [-0.2, -0.15) is 13.2 Å². The van der Waals surface area contributed by atoms with Crippen LogP contribution < -0.4 is 9.64 Å². The number of carbonyl (C=O) groups is 4. The Bertz CT molecular complexity index is 1220. The Morgan fingerprint density at radius 2 is 1.78 bits per heavy atom. The SMILES string of the molecule is COc1ccc(CN2C(=O)N(c3cccc(C(F)(F)F)c3)C(=O)[C@@H]3[C@@H]2CCN3C(=O)CCC(=O)O)cc1. The van der Waals surface area contributed by atoms with Crippen LogP contribution in [0, 0.1) is 0 Å². The molecule has 2 heterocycles. The van der Waals surface area contributed by atoms with Crippen LogP contribution in [0.25, 0.3) is 0 Å². The van der Waals surface area contributed by atoms with E-state index in [-0.39, 0.29) is 31.6 Å². The minimum absolute atomic E-state index is 0.0316. The Morgan fingerprint density at radius 3 is 2.41 bits per heavy atom. The minimum atomic E-state index is -4.70. The largest absolute Gasteiger partial charge is 0.497 e. The topological polar surface area (TPSA) is 107 Å². The van der Waals surface area contributed by atoms with Crippen molar-refractivity contribution in [2.75, 3.05) is 18.6 Å². The number of amides is 4. The van der Waals surface area contributed by atoms with Gasteiger partial charge in [0.2, 0.25) is 5.91 Å². The second-order valence-corrected chi connectivity index (χ2v) is 8.76. The Kier molecular flexibility index (Phi) is 7.10. The minimum Gasteiger partial charge on any atom is -0.497 e. The van der Waals surface area contributed by atoms with Crippen molar-refractivity contribution in [2.45, 2.75) is 44.1 Å². The van der Waals surface area contributed by atoms with E-state index in [9.17, 15) is 32.3 Å². The maximum atomic E-state index is 13.6. The molecule has 12 heteroatoms. The van der Waals surface area contributed by atoms with Gasteiger partial charge in [-0.3, -0.25) is 14.4 Å². The molecule has 2 fully saturated rings. The Morgan fingerprint density at radius 1 is 1.08 bits per heavy atom. The second-order valence-electron chi connectivity index (χ2n) is 8.76. The number of carboxylic acids is 1. The molecule has 196 valence electrons. The number of imide groups is 1. The zero-order valence-electron chi connectivity index (χ0n) is 19.8. The highest BCUT2D eigenvalue weighted by atomic mass is 19.4. The number of carboxylic acid groups (broad SMARTS) is 1. The van der Waals surface area contributed by atoms with Crippen LogP contribution in [-0.2, 0) is 27.1 Å². The second kappa shape index (κ2) is 10.1. The van der Waals surface area contributed by atoms with Crippen molar-refractivity contribution in [3.63, 3.8) is 0 Å². The summed E-state index contributed by atoms with van der Waals surface area (Å²) in [5.41, 5.74) is -0.620. The fourth-order valence-electron chi connectivity index (χ4n) is 4.71. The van der Waals surface area contributed by atoms with E-state index in [1.807, 2.05) is 0 Å². The van der Waals surface area contributed by atoms with E-state index >= 15 is 0 Å². The molecule has 4 amide bonds. The van der Waals surface area contributed by atoms with Gasteiger partial charge in [-0.25, -0.2) is 9.69 Å². The van der Waals surface area contributed by atoms with Gasteiger partial charge in [0, 0.05) is 19.5 Å². The molecule has 2 aromatic rings. The van der Waals surface area contributed by atoms with Gasteiger partial charge in [-0.05, 0) is 42.3 Å². The monoisotopic (exact) mass is 519 g/mol. The normalized spacial score (nSPS) is 19.7. The first-order valence-electron chi connectivity index (χ1n) is 11.5. The number of hydrogen-bond acceptors (Lipinski definition) is 5. The molecule has 0 spiro atoms. The smallest absolute Gasteiger partial charge is 0.416 e. The number of anilines is 1. The number of methoxy groups -OCH3 is 1. The highest BCUT2D eigenvalue weighted by Crippen LogP contribution is 2.37. The van der Waals surface area contributed by atoms with E-state index in [4.69, 9.17) is 9.84 Å². The third-order valence-corrected chi connectivity index (χ3v) is 6.49. The lowest BCUT2D eigenvalue weighted by molar-refractivity contribution is -0.143. The highest BCUT2D eigenvalue weighted by molar-refractivity contribution is 6.19. The number of rotatable bonds is 7. The van der Waals surface area contributed by atoms with E-state index < -0.39 is 54.1 Å². The van der Waals surface area contributed by atoms with Gasteiger partial charge >= 0.3 is 18.2 Å². The van der Waals surface area contributed by atoms with Gasteiger partial charge in [-0.1, -0.05) is 18.2 Å². The molecular weight excluding hydrogens is 495 g/mol. The Balaban J connectivity index is 1.72. The van der Waals surface area contributed by atoms with Gasteiger partial charge in [0.05, 0.1) is 30.8 Å². The standard InChI is InChI=1S/C25H24F3N3O6/c1-37-18-7-5-15(6-8-18)14-30-19-11-12-29(20(32)9-10-21(33)34)22(19)23(35)31(24(30)36)17-4-2-3-16(13-17)25(26,27)28/h2-8,13,19,22H,9-12,14H2,1H3,(H,33,34)/t19-,22-/m0/s1. The summed E-state index contributed by atoms with van der Waals surface area (Å²) in [4.78, 5) is 54.2. The molecule has 4 rings (SSSR count). The molecule has 0 bridgehead atoms. The summed E-state index contributed by atoms with van der Waals surface area (Å²) < 4.78 is 45.3. The number of urea groups is 1. The highest BCUT2D eigenvalue weighted by Gasteiger charge is 2.53. The van der Waals surface area contributed by atoms with Crippen molar-refractivity contribution in [3.8, 4) is 5.75 Å². The summed E-state index contributed by atoms with van der Waals surface area (Å²) in [6, 6.07) is 8.00. The molecule has 9 nitrogen and oxygen atoms in total. The summed E-state index contributed by atoms with van der Waals surface area (Å²) in [7, 11) is 1.50. The summed E-state index contributed by atoms with van der Waals surface area (Å²) in [5, 5.41) is 8.95. The number of likely N-dealkylation sites (tertiary alicyclic amines) is 1. The molecule has 0 saturated carbocycles. The van der Waals surface area contributed by atoms with E-state index in [1.165, 1.54) is 23.0 Å². The molecular formula is C25H24F3N3O6. The first kappa shape index (κ1) is 26.0. The Labute approximate surface area is 210 Å². The van der Waals surface area contributed by atoms with Crippen molar-refractivity contribution in [1.82, 2.24) is 9.80 Å². The molecule has 0 aliphatic carbocycles. The Hall–Kier alpha value is -4.09. The number of ether oxygens (including phenoxy) is 1. The number of fused-ring (bicyclic) bond motifs is 1. The van der Waals surface area contributed by atoms with Crippen LogP contribution in [0.2, 0.25) is 0 Å². The van der Waals surface area contributed by atoms with Crippen LogP contribution in [0.5, 0.6) is 5.75 Å². The van der Waals surface area contributed by atoms with Crippen molar-refractivity contribution < 1.29 is 42.2 Å². The first-order chi connectivity index (χ1) is 17.5. The lowest BCUT2D eigenvalue weighted by Crippen LogP contribution is -2.66. The van der Waals surface area contributed by atoms with Crippen molar-refractivity contribution >= 4 is 29.5 Å². The van der Waals surface area contributed by atoms with Crippen LogP contribution in [0.4, 0.5) is 23.7 Å². The van der Waals surface area contributed by atoms with Gasteiger partial charge in [0.15, 0.2) is 0 Å². The fourth-order valence-corrected chi connectivity index (χ4v) is 4.71. The lowest BCUT2D eigenvalue weighted by atomic mass is 10.0. The average molecular weight is 519 g/mol.